The van der Waals surface area contributed by atoms with Crippen molar-refractivity contribution in [2.75, 3.05) is 0 Å². The Bertz CT molecular complexity index is 676. The summed E-state index contributed by atoms with van der Waals surface area (Å²) >= 11 is 0. The first-order valence-electron chi connectivity index (χ1n) is 6.53. The van der Waals surface area contributed by atoms with Gasteiger partial charge < -0.3 is 5.11 Å². The summed E-state index contributed by atoms with van der Waals surface area (Å²) in [6.45, 7) is 0. The second-order valence-electron chi connectivity index (χ2n) is 5.20. The quantitative estimate of drug-likeness (QED) is 0.929. The summed E-state index contributed by atoms with van der Waals surface area (Å²) in [4.78, 5) is 24.0. The summed E-state index contributed by atoms with van der Waals surface area (Å²) in [7, 11) is 0. The molecule has 0 saturated heterocycles. The van der Waals surface area contributed by atoms with E-state index in [9.17, 15) is 14.7 Å². The van der Waals surface area contributed by atoms with Crippen molar-refractivity contribution in [2.24, 2.45) is 0 Å². The lowest BCUT2D eigenvalue weighted by Crippen LogP contribution is -2.36. The van der Waals surface area contributed by atoms with Gasteiger partial charge in [0, 0.05) is 12.0 Å². The first kappa shape index (κ1) is 12.6. The van der Waals surface area contributed by atoms with Crippen LogP contribution < -0.4 is 0 Å². The normalized spacial score (nSPS) is 20.7. The fourth-order valence-corrected chi connectivity index (χ4v) is 2.98. The van der Waals surface area contributed by atoms with Crippen LogP contribution in [0.25, 0.3) is 0 Å². The van der Waals surface area contributed by atoms with E-state index < -0.39 is 11.4 Å². The predicted octanol–water partition coefficient (Wildman–Crippen LogP) is 2.84. The van der Waals surface area contributed by atoms with Gasteiger partial charge in [0.2, 0.25) is 0 Å². The Kier molecular flexibility index (Phi) is 2.90. The van der Waals surface area contributed by atoms with Crippen LogP contribution in [-0.2, 0) is 16.6 Å². The number of Topliss-reactive ketones (excluding diaryl/α,β-unsaturated/α-hetero) is 1. The monoisotopic (exact) mass is 266 g/mol. The highest BCUT2D eigenvalue weighted by Gasteiger charge is 2.49. The summed E-state index contributed by atoms with van der Waals surface area (Å²) < 4.78 is 0. The first-order valence-corrected chi connectivity index (χ1v) is 6.53. The van der Waals surface area contributed by atoms with Crippen LogP contribution in [0.5, 0.6) is 0 Å². The Morgan fingerprint density at radius 3 is 2.40 bits per heavy atom. The third kappa shape index (κ3) is 1.83. The molecule has 3 heteroatoms. The lowest BCUT2D eigenvalue weighted by atomic mass is 9.76. The molecule has 1 aliphatic rings. The maximum absolute atomic E-state index is 12.1. The number of carboxylic acid groups (broad SMARTS) is 1. The van der Waals surface area contributed by atoms with E-state index in [-0.39, 0.29) is 12.2 Å². The summed E-state index contributed by atoms with van der Waals surface area (Å²) in [6, 6.07) is 16.5. The van der Waals surface area contributed by atoms with Crippen molar-refractivity contribution in [3.63, 3.8) is 0 Å². The molecule has 20 heavy (non-hydrogen) atoms. The van der Waals surface area contributed by atoms with Gasteiger partial charge in [0.05, 0.1) is 0 Å². The van der Waals surface area contributed by atoms with Crippen molar-refractivity contribution >= 4 is 11.8 Å². The van der Waals surface area contributed by atoms with Gasteiger partial charge in [0.15, 0.2) is 5.78 Å². The van der Waals surface area contributed by atoms with Crippen LogP contribution in [0, 0.1) is 0 Å². The zero-order chi connectivity index (χ0) is 14.2. The number of ketones is 1. The zero-order valence-electron chi connectivity index (χ0n) is 10.9. The van der Waals surface area contributed by atoms with E-state index in [0.29, 0.717) is 17.5 Å². The molecule has 0 heterocycles. The van der Waals surface area contributed by atoms with E-state index in [0.717, 1.165) is 5.56 Å². The maximum atomic E-state index is 12.1. The van der Waals surface area contributed by atoms with E-state index in [2.05, 4.69) is 0 Å². The minimum absolute atomic E-state index is 0.0383. The molecule has 1 N–H and O–H groups in total. The molecule has 2 aromatic carbocycles. The van der Waals surface area contributed by atoms with E-state index in [4.69, 9.17) is 0 Å². The molecular formula is C17H14O3. The standard InChI is InChI=1S/C17H14O3/c18-15-11-17(16(19)20,10-12-6-2-1-3-7-12)14-9-5-4-8-13(14)15/h1-9H,10-11H2,(H,19,20). The third-order valence-corrected chi connectivity index (χ3v) is 3.96. The molecule has 0 fully saturated rings. The number of benzene rings is 2. The Hall–Kier alpha value is -2.42. The van der Waals surface area contributed by atoms with Gasteiger partial charge in [-0.15, -0.1) is 0 Å². The molecule has 3 nitrogen and oxygen atoms in total. The number of carboxylic acids is 1. The van der Waals surface area contributed by atoms with Gasteiger partial charge in [-0.1, -0.05) is 54.6 Å². The molecule has 0 bridgehead atoms. The van der Waals surface area contributed by atoms with Gasteiger partial charge in [-0.3, -0.25) is 9.59 Å². The van der Waals surface area contributed by atoms with Crippen molar-refractivity contribution in [1.82, 2.24) is 0 Å². The molecule has 0 aliphatic heterocycles. The van der Waals surface area contributed by atoms with Crippen molar-refractivity contribution in [2.45, 2.75) is 18.3 Å². The molecule has 3 rings (SSSR count). The van der Waals surface area contributed by atoms with Crippen LogP contribution in [-0.4, -0.2) is 16.9 Å². The first-order chi connectivity index (χ1) is 9.63. The molecule has 1 aliphatic carbocycles. The smallest absolute Gasteiger partial charge is 0.314 e. The van der Waals surface area contributed by atoms with Crippen LogP contribution in [0.15, 0.2) is 54.6 Å². The molecule has 0 spiro atoms. The second kappa shape index (κ2) is 4.60. The minimum atomic E-state index is -1.13. The highest BCUT2D eigenvalue weighted by Crippen LogP contribution is 2.41. The lowest BCUT2D eigenvalue weighted by Gasteiger charge is -2.24. The van der Waals surface area contributed by atoms with Crippen LogP contribution in [0.1, 0.15) is 27.9 Å². The molecule has 0 amide bonds. The molecule has 0 radical (unpaired) electrons. The van der Waals surface area contributed by atoms with Crippen LogP contribution >= 0.6 is 0 Å². The zero-order valence-corrected chi connectivity index (χ0v) is 10.9. The van der Waals surface area contributed by atoms with Crippen molar-refractivity contribution < 1.29 is 14.7 Å². The van der Waals surface area contributed by atoms with E-state index in [1.165, 1.54) is 0 Å². The summed E-state index contributed by atoms with van der Waals surface area (Å²) in [5.74, 6) is -1.02. The van der Waals surface area contributed by atoms with Gasteiger partial charge in [0.1, 0.15) is 5.41 Å². The number of fused-ring (bicyclic) bond motifs is 1. The summed E-state index contributed by atoms with van der Waals surface area (Å²) in [5, 5.41) is 9.74. The van der Waals surface area contributed by atoms with Gasteiger partial charge in [-0.2, -0.15) is 0 Å². The lowest BCUT2D eigenvalue weighted by molar-refractivity contribution is -0.143. The van der Waals surface area contributed by atoms with E-state index in [1.54, 1.807) is 24.3 Å². The molecular weight excluding hydrogens is 252 g/mol. The topological polar surface area (TPSA) is 54.4 Å². The number of hydrogen-bond donors (Lipinski definition) is 1. The second-order valence-corrected chi connectivity index (χ2v) is 5.20. The highest BCUT2D eigenvalue weighted by molar-refractivity contribution is 6.07. The van der Waals surface area contributed by atoms with Crippen molar-refractivity contribution in [3.8, 4) is 0 Å². The number of carbonyl (C=O) groups excluding carboxylic acids is 1. The fourth-order valence-electron chi connectivity index (χ4n) is 2.98. The van der Waals surface area contributed by atoms with E-state index >= 15 is 0 Å². The highest BCUT2D eigenvalue weighted by atomic mass is 16.4. The maximum Gasteiger partial charge on any atom is 0.314 e. The van der Waals surface area contributed by atoms with E-state index in [1.807, 2.05) is 30.3 Å². The number of hydrogen-bond acceptors (Lipinski definition) is 2. The summed E-state index contributed by atoms with van der Waals surface area (Å²) in [5.41, 5.74) is 0.987. The molecule has 0 saturated carbocycles. The third-order valence-electron chi connectivity index (χ3n) is 3.96. The van der Waals surface area contributed by atoms with Gasteiger partial charge in [-0.05, 0) is 17.5 Å². The number of carbonyl (C=O) groups is 2. The number of rotatable bonds is 3. The predicted molar refractivity (Wildman–Crippen MR) is 74.8 cm³/mol. The molecule has 1 atom stereocenters. The van der Waals surface area contributed by atoms with Crippen LogP contribution in [0.2, 0.25) is 0 Å². The Morgan fingerprint density at radius 2 is 1.70 bits per heavy atom. The fraction of sp³-hybridized carbons (Fsp3) is 0.176. The average Bonchev–Trinajstić information content (AvgIpc) is 2.75. The molecule has 100 valence electrons. The van der Waals surface area contributed by atoms with Crippen molar-refractivity contribution in [1.29, 1.82) is 0 Å². The Balaban J connectivity index is 2.11. The molecule has 0 aromatic heterocycles. The SMILES string of the molecule is O=C1CC(Cc2ccccc2)(C(=O)O)c2ccccc21. The van der Waals surface area contributed by atoms with Crippen molar-refractivity contribution in [3.05, 3.63) is 71.3 Å². The van der Waals surface area contributed by atoms with Gasteiger partial charge in [0.25, 0.3) is 0 Å². The number of aliphatic carboxylic acids is 1. The van der Waals surface area contributed by atoms with Gasteiger partial charge >= 0.3 is 5.97 Å². The minimum Gasteiger partial charge on any atom is -0.481 e. The van der Waals surface area contributed by atoms with Crippen LogP contribution in [0.4, 0.5) is 0 Å². The Morgan fingerprint density at radius 1 is 1.05 bits per heavy atom. The Labute approximate surface area is 116 Å². The summed E-state index contributed by atoms with van der Waals surface area (Å²) in [6.07, 6.45) is 0.377. The molecule has 1 unspecified atom stereocenters. The largest absolute Gasteiger partial charge is 0.481 e. The average molecular weight is 266 g/mol. The van der Waals surface area contributed by atoms with Gasteiger partial charge in [-0.25, -0.2) is 0 Å². The van der Waals surface area contributed by atoms with Crippen LogP contribution in [0.3, 0.4) is 0 Å². The molecule has 2 aromatic rings.